The topological polar surface area (TPSA) is 37.3 Å². The summed E-state index contributed by atoms with van der Waals surface area (Å²) in [6.07, 6.45) is 6.25. The van der Waals surface area contributed by atoms with Crippen LogP contribution in [0.2, 0.25) is 0 Å². The van der Waals surface area contributed by atoms with Gasteiger partial charge in [0.15, 0.2) is 0 Å². The van der Waals surface area contributed by atoms with Crippen molar-refractivity contribution in [1.82, 2.24) is 0 Å². The Bertz CT molecular complexity index is 163. The van der Waals surface area contributed by atoms with Gasteiger partial charge in [-0.1, -0.05) is 31.9 Å². The molecule has 0 amide bonds. The van der Waals surface area contributed by atoms with Gasteiger partial charge in [-0.25, -0.2) is 0 Å². The number of rotatable bonds is 4. The highest BCUT2D eigenvalue weighted by Gasteiger charge is 1.94. The molecule has 2 heteroatoms. The van der Waals surface area contributed by atoms with Crippen LogP contribution in [0.5, 0.6) is 0 Å². The van der Waals surface area contributed by atoms with Crippen LogP contribution in [-0.4, -0.2) is 11.1 Å². The Hall–Kier alpha value is -0.790. The molecule has 0 aliphatic heterocycles. The normalized spacial score (nSPS) is 10.9. The minimum absolute atomic E-state index is 0.833. The number of carboxylic acids is 1. The van der Waals surface area contributed by atoms with Crippen molar-refractivity contribution in [2.45, 2.75) is 53.9 Å². The summed E-state index contributed by atoms with van der Waals surface area (Å²) in [4.78, 5) is 9.00. The molecule has 0 saturated heterocycles. The lowest BCUT2D eigenvalue weighted by Gasteiger charge is -2.04. The SMILES string of the molecule is CC(=O)O.CCC(C)CCC=C(C)C. The number of aliphatic carboxylic acids is 1. The van der Waals surface area contributed by atoms with Crippen LogP contribution < -0.4 is 0 Å². The molecule has 14 heavy (non-hydrogen) atoms. The number of allylic oxidation sites excluding steroid dienone is 2. The quantitative estimate of drug-likeness (QED) is 0.699. The first-order valence-electron chi connectivity index (χ1n) is 5.23. The van der Waals surface area contributed by atoms with E-state index in [-0.39, 0.29) is 0 Å². The number of hydrogen-bond acceptors (Lipinski definition) is 1. The summed E-state index contributed by atoms with van der Waals surface area (Å²) in [7, 11) is 0. The lowest BCUT2D eigenvalue weighted by molar-refractivity contribution is -0.134. The van der Waals surface area contributed by atoms with Crippen LogP contribution in [0.3, 0.4) is 0 Å². The predicted octanol–water partition coefficient (Wildman–Crippen LogP) is 3.87. The molecule has 0 fully saturated rings. The van der Waals surface area contributed by atoms with Crippen molar-refractivity contribution in [2.24, 2.45) is 5.92 Å². The molecular weight excluding hydrogens is 176 g/mol. The third-order valence-electron chi connectivity index (χ3n) is 1.91. The summed E-state index contributed by atoms with van der Waals surface area (Å²) < 4.78 is 0. The summed E-state index contributed by atoms with van der Waals surface area (Å²) >= 11 is 0. The number of carbonyl (C=O) groups is 1. The molecular formula is C12H24O2. The first-order valence-corrected chi connectivity index (χ1v) is 5.23. The van der Waals surface area contributed by atoms with Gasteiger partial charge in [0.1, 0.15) is 0 Å². The van der Waals surface area contributed by atoms with Crippen LogP contribution in [0.4, 0.5) is 0 Å². The Labute approximate surface area is 88.0 Å². The van der Waals surface area contributed by atoms with Crippen LogP contribution in [0.25, 0.3) is 0 Å². The van der Waals surface area contributed by atoms with Crippen molar-refractivity contribution in [3.05, 3.63) is 11.6 Å². The maximum atomic E-state index is 9.00. The third kappa shape index (κ3) is 22.5. The van der Waals surface area contributed by atoms with Gasteiger partial charge in [-0.3, -0.25) is 4.79 Å². The zero-order chi connectivity index (χ0) is 11.6. The van der Waals surface area contributed by atoms with Crippen LogP contribution in [-0.2, 0) is 4.79 Å². The Morgan fingerprint density at radius 1 is 1.36 bits per heavy atom. The highest BCUT2D eigenvalue weighted by atomic mass is 16.4. The molecule has 2 nitrogen and oxygen atoms in total. The Morgan fingerprint density at radius 2 is 1.79 bits per heavy atom. The van der Waals surface area contributed by atoms with Gasteiger partial charge in [-0.2, -0.15) is 0 Å². The Morgan fingerprint density at radius 3 is 2.07 bits per heavy atom. The van der Waals surface area contributed by atoms with E-state index in [1.54, 1.807) is 0 Å². The van der Waals surface area contributed by atoms with E-state index in [2.05, 4.69) is 33.8 Å². The summed E-state index contributed by atoms with van der Waals surface area (Å²) in [6.45, 7) is 9.99. The molecule has 0 aliphatic carbocycles. The Kier molecular flexibility index (Phi) is 11.5. The van der Waals surface area contributed by atoms with E-state index in [1.807, 2.05) is 0 Å². The maximum Gasteiger partial charge on any atom is 0.300 e. The van der Waals surface area contributed by atoms with Gasteiger partial charge in [0.05, 0.1) is 0 Å². The molecule has 84 valence electrons. The monoisotopic (exact) mass is 200 g/mol. The van der Waals surface area contributed by atoms with Gasteiger partial charge < -0.3 is 5.11 Å². The van der Waals surface area contributed by atoms with E-state index in [9.17, 15) is 0 Å². The summed E-state index contributed by atoms with van der Waals surface area (Å²) in [5.41, 5.74) is 1.45. The predicted molar refractivity (Wildman–Crippen MR) is 61.4 cm³/mol. The fourth-order valence-electron chi connectivity index (χ4n) is 0.861. The van der Waals surface area contributed by atoms with E-state index in [0.717, 1.165) is 12.8 Å². The van der Waals surface area contributed by atoms with Crippen molar-refractivity contribution in [2.75, 3.05) is 0 Å². The summed E-state index contributed by atoms with van der Waals surface area (Å²) in [5, 5.41) is 7.42. The molecule has 0 heterocycles. The average Bonchev–Trinajstić information content (AvgIpc) is 2.02. The fraction of sp³-hybridized carbons (Fsp3) is 0.750. The van der Waals surface area contributed by atoms with E-state index in [0.29, 0.717) is 0 Å². The second-order valence-corrected chi connectivity index (χ2v) is 3.89. The summed E-state index contributed by atoms with van der Waals surface area (Å²) in [6, 6.07) is 0. The van der Waals surface area contributed by atoms with E-state index in [1.165, 1.54) is 24.8 Å². The van der Waals surface area contributed by atoms with Crippen LogP contribution in [0.15, 0.2) is 11.6 Å². The molecule has 1 N–H and O–H groups in total. The van der Waals surface area contributed by atoms with Crippen molar-refractivity contribution >= 4 is 5.97 Å². The molecule has 0 aromatic rings. The zero-order valence-corrected chi connectivity index (χ0v) is 10.1. The standard InChI is InChI=1S/C10H20.C2H4O2/c1-5-10(4)8-6-7-9(2)3;1-2(3)4/h7,10H,5-6,8H2,1-4H3;1H3,(H,3,4). The van der Waals surface area contributed by atoms with Crippen molar-refractivity contribution in [3.8, 4) is 0 Å². The van der Waals surface area contributed by atoms with Gasteiger partial charge in [-0.15, -0.1) is 0 Å². The first-order chi connectivity index (χ1) is 6.40. The van der Waals surface area contributed by atoms with Gasteiger partial charge in [0, 0.05) is 6.92 Å². The second-order valence-electron chi connectivity index (χ2n) is 3.89. The third-order valence-corrected chi connectivity index (χ3v) is 1.91. The maximum absolute atomic E-state index is 9.00. The molecule has 0 saturated carbocycles. The second kappa shape index (κ2) is 10.3. The molecule has 0 rings (SSSR count). The van der Waals surface area contributed by atoms with E-state index >= 15 is 0 Å². The largest absolute Gasteiger partial charge is 0.481 e. The lowest BCUT2D eigenvalue weighted by Crippen LogP contribution is -1.89. The van der Waals surface area contributed by atoms with E-state index in [4.69, 9.17) is 9.90 Å². The highest BCUT2D eigenvalue weighted by Crippen LogP contribution is 2.10. The molecule has 0 aromatic carbocycles. The highest BCUT2D eigenvalue weighted by molar-refractivity contribution is 5.62. The molecule has 0 radical (unpaired) electrons. The molecule has 0 aromatic heterocycles. The summed E-state index contributed by atoms with van der Waals surface area (Å²) in [5.74, 6) is 0.0654. The molecule has 0 bridgehead atoms. The van der Waals surface area contributed by atoms with Crippen LogP contribution >= 0.6 is 0 Å². The molecule has 1 unspecified atom stereocenters. The molecule has 0 aliphatic rings. The number of hydrogen-bond donors (Lipinski definition) is 1. The van der Waals surface area contributed by atoms with Crippen LogP contribution in [0, 0.1) is 5.92 Å². The van der Waals surface area contributed by atoms with Gasteiger partial charge >= 0.3 is 0 Å². The van der Waals surface area contributed by atoms with Gasteiger partial charge in [0.2, 0.25) is 0 Å². The molecule has 0 spiro atoms. The average molecular weight is 200 g/mol. The van der Waals surface area contributed by atoms with Gasteiger partial charge in [0.25, 0.3) is 5.97 Å². The minimum Gasteiger partial charge on any atom is -0.481 e. The fourth-order valence-corrected chi connectivity index (χ4v) is 0.861. The van der Waals surface area contributed by atoms with Crippen LogP contribution in [0.1, 0.15) is 53.9 Å². The number of carboxylic acid groups (broad SMARTS) is 1. The van der Waals surface area contributed by atoms with Gasteiger partial charge in [-0.05, 0) is 32.6 Å². The smallest absolute Gasteiger partial charge is 0.300 e. The molecule has 1 atom stereocenters. The van der Waals surface area contributed by atoms with Crippen molar-refractivity contribution < 1.29 is 9.90 Å². The zero-order valence-electron chi connectivity index (χ0n) is 10.1. The minimum atomic E-state index is -0.833. The van der Waals surface area contributed by atoms with E-state index < -0.39 is 5.97 Å². The van der Waals surface area contributed by atoms with Crippen molar-refractivity contribution in [3.63, 3.8) is 0 Å². The first kappa shape index (κ1) is 15.7. The Balaban J connectivity index is 0. The lowest BCUT2D eigenvalue weighted by atomic mass is 10.0. The van der Waals surface area contributed by atoms with Crippen molar-refractivity contribution in [1.29, 1.82) is 0 Å².